The molecule has 1 aromatic carbocycles. The molecule has 8 nitrogen and oxygen atoms in total. The number of aryl methyl sites for hydroxylation is 1. The van der Waals surface area contributed by atoms with Gasteiger partial charge in [0, 0.05) is 38.9 Å². The number of nitrogens with zero attached hydrogens (tertiary/aromatic N) is 2. The first kappa shape index (κ1) is 23.8. The van der Waals surface area contributed by atoms with Crippen LogP contribution in [0.1, 0.15) is 38.2 Å². The van der Waals surface area contributed by atoms with Gasteiger partial charge >= 0.3 is 0 Å². The lowest BCUT2D eigenvalue weighted by molar-refractivity contribution is -0.384. The average Bonchev–Trinajstić information content (AvgIpc) is 2.71. The Hall–Kier alpha value is -2.19. The summed E-state index contributed by atoms with van der Waals surface area (Å²) in [4.78, 5) is 14.5. The molecule has 2 N–H and O–H groups in total. The molecule has 158 valence electrons. The van der Waals surface area contributed by atoms with Crippen molar-refractivity contribution >= 4 is 11.6 Å². The van der Waals surface area contributed by atoms with Crippen LogP contribution < -0.4 is 10.6 Å². The van der Waals surface area contributed by atoms with E-state index in [0.29, 0.717) is 26.4 Å². The molecule has 0 amide bonds. The van der Waals surface area contributed by atoms with Crippen LogP contribution >= 0.6 is 0 Å². The van der Waals surface area contributed by atoms with Crippen LogP contribution in [0.25, 0.3) is 0 Å². The van der Waals surface area contributed by atoms with E-state index in [1.807, 2.05) is 12.1 Å². The van der Waals surface area contributed by atoms with Crippen LogP contribution in [0.5, 0.6) is 0 Å². The smallest absolute Gasteiger partial charge is 0.269 e. The standard InChI is InChI=1S/C20H34N4O4/c1-3-4-14-27-16-17-28-15-13-23-20(21-2)22-12-6-5-7-18-8-10-19(11-9-18)24(25)26/h8-11H,3-7,12-17H2,1-2H3,(H2,21,22,23). The highest BCUT2D eigenvalue weighted by atomic mass is 16.6. The van der Waals surface area contributed by atoms with Crippen LogP contribution in [0.15, 0.2) is 29.3 Å². The van der Waals surface area contributed by atoms with Crippen LogP contribution in [0.4, 0.5) is 5.69 Å². The van der Waals surface area contributed by atoms with Gasteiger partial charge in [-0.2, -0.15) is 0 Å². The summed E-state index contributed by atoms with van der Waals surface area (Å²) in [6.07, 6.45) is 5.14. The third-order valence-corrected chi connectivity index (χ3v) is 4.11. The van der Waals surface area contributed by atoms with Crippen molar-refractivity contribution in [1.82, 2.24) is 10.6 Å². The lowest BCUT2D eigenvalue weighted by atomic mass is 10.1. The molecular weight excluding hydrogens is 360 g/mol. The average molecular weight is 395 g/mol. The number of benzene rings is 1. The van der Waals surface area contributed by atoms with Gasteiger partial charge in [-0.25, -0.2) is 0 Å². The maximum atomic E-state index is 10.6. The zero-order chi connectivity index (χ0) is 20.5. The van der Waals surface area contributed by atoms with Gasteiger partial charge in [-0.05, 0) is 31.2 Å². The highest BCUT2D eigenvalue weighted by Gasteiger charge is 2.03. The Morgan fingerprint density at radius 3 is 2.32 bits per heavy atom. The van der Waals surface area contributed by atoms with Crippen LogP contribution in [0, 0.1) is 10.1 Å². The molecule has 0 aliphatic heterocycles. The minimum atomic E-state index is -0.376. The van der Waals surface area contributed by atoms with Crippen molar-refractivity contribution in [2.24, 2.45) is 4.99 Å². The molecule has 0 spiro atoms. The Bertz CT molecular complexity index is 564. The number of unbranched alkanes of at least 4 members (excludes halogenated alkanes) is 2. The third-order valence-electron chi connectivity index (χ3n) is 4.11. The number of non-ortho nitro benzene ring substituents is 1. The zero-order valence-electron chi connectivity index (χ0n) is 17.1. The molecule has 0 saturated heterocycles. The van der Waals surface area contributed by atoms with Gasteiger partial charge < -0.3 is 20.1 Å². The predicted molar refractivity (Wildman–Crippen MR) is 112 cm³/mol. The summed E-state index contributed by atoms with van der Waals surface area (Å²) < 4.78 is 10.9. The van der Waals surface area contributed by atoms with Crippen molar-refractivity contribution in [3.8, 4) is 0 Å². The second-order valence-corrected chi connectivity index (χ2v) is 6.38. The van der Waals surface area contributed by atoms with E-state index in [-0.39, 0.29) is 10.6 Å². The largest absolute Gasteiger partial charge is 0.379 e. The van der Waals surface area contributed by atoms with Gasteiger partial charge in [-0.1, -0.05) is 25.5 Å². The third kappa shape index (κ3) is 11.5. The quantitative estimate of drug-likeness (QED) is 0.156. The summed E-state index contributed by atoms with van der Waals surface area (Å²) in [5.74, 6) is 0.762. The van der Waals surface area contributed by atoms with E-state index in [4.69, 9.17) is 9.47 Å². The number of hydrogen-bond donors (Lipinski definition) is 2. The summed E-state index contributed by atoms with van der Waals surface area (Å²) >= 11 is 0. The number of ether oxygens (including phenoxy) is 2. The Labute approximate surface area is 167 Å². The summed E-state index contributed by atoms with van der Waals surface area (Å²) in [5.41, 5.74) is 1.25. The van der Waals surface area contributed by atoms with Gasteiger partial charge in [0.2, 0.25) is 0 Å². The molecule has 0 aromatic heterocycles. The fourth-order valence-corrected chi connectivity index (χ4v) is 2.48. The molecule has 0 radical (unpaired) electrons. The zero-order valence-corrected chi connectivity index (χ0v) is 17.1. The molecule has 0 unspecified atom stereocenters. The number of nitro benzene ring substituents is 1. The summed E-state index contributed by atoms with van der Waals surface area (Å²) in [7, 11) is 1.74. The number of guanidine groups is 1. The molecule has 0 fully saturated rings. The van der Waals surface area contributed by atoms with Gasteiger partial charge in [0.05, 0.1) is 24.7 Å². The van der Waals surface area contributed by atoms with Gasteiger partial charge in [-0.15, -0.1) is 0 Å². The first-order valence-electron chi connectivity index (χ1n) is 10.0. The number of nitrogens with one attached hydrogen (secondary N) is 2. The fourth-order valence-electron chi connectivity index (χ4n) is 2.48. The first-order valence-corrected chi connectivity index (χ1v) is 10.0. The molecule has 0 aliphatic rings. The van der Waals surface area contributed by atoms with E-state index in [1.165, 1.54) is 0 Å². The highest BCUT2D eigenvalue weighted by Crippen LogP contribution is 2.13. The second-order valence-electron chi connectivity index (χ2n) is 6.38. The molecule has 1 aromatic rings. The van der Waals surface area contributed by atoms with Crippen molar-refractivity contribution in [3.05, 3.63) is 39.9 Å². The minimum absolute atomic E-state index is 0.133. The van der Waals surface area contributed by atoms with Crippen molar-refractivity contribution in [3.63, 3.8) is 0 Å². The van der Waals surface area contributed by atoms with Gasteiger partial charge in [-0.3, -0.25) is 15.1 Å². The molecule has 0 heterocycles. The van der Waals surface area contributed by atoms with Crippen LogP contribution in [-0.4, -0.2) is 57.4 Å². The lowest BCUT2D eigenvalue weighted by Gasteiger charge is -2.12. The summed E-state index contributed by atoms with van der Waals surface area (Å²) in [6.45, 7) is 6.32. The Morgan fingerprint density at radius 1 is 1.00 bits per heavy atom. The molecule has 0 aliphatic carbocycles. The van der Waals surface area contributed by atoms with Crippen molar-refractivity contribution in [2.45, 2.75) is 39.0 Å². The summed E-state index contributed by atoms with van der Waals surface area (Å²) in [5, 5.41) is 17.1. The SMILES string of the molecule is CCCCOCCOCCNC(=NC)NCCCCc1ccc([N+](=O)[O-])cc1. The number of rotatable bonds is 15. The first-order chi connectivity index (χ1) is 13.7. The molecule has 28 heavy (non-hydrogen) atoms. The van der Waals surface area contributed by atoms with Crippen molar-refractivity contribution in [2.75, 3.05) is 46.6 Å². The molecule has 0 saturated carbocycles. The van der Waals surface area contributed by atoms with Crippen LogP contribution in [0.2, 0.25) is 0 Å². The van der Waals surface area contributed by atoms with Crippen LogP contribution in [0.3, 0.4) is 0 Å². The normalized spacial score (nSPS) is 11.4. The monoisotopic (exact) mass is 394 g/mol. The van der Waals surface area contributed by atoms with Crippen LogP contribution in [-0.2, 0) is 15.9 Å². The molecule has 0 atom stereocenters. The van der Waals surface area contributed by atoms with E-state index < -0.39 is 0 Å². The lowest BCUT2D eigenvalue weighted by Crippen LogP contribution is -2.39. The number of aliphatic imine (C=N–C) groups is 1. The van der Waals surface area contributed by atoms with E-state index in [1.54, 1.807) is 19.2 Å². The van der Waals surface area contributed by atoms with Crippen molar-refractivity contribution in [1.29, 1.82) is 0 Å². The van der Waals surface area contributed by atoms with Gasteiger partial charge in [0.1, 0.15) is 0 Å². The summed E-state index contributed by atoms with van der Waals surface area (Å²) in [6, 6.07) is 6.75. The highest BCUT2D eigenvalue weighted by molar-refractivity contribution is 5.79. The number of nitro groups is 1. The second kappa shape index (κ2) is 15.8. The molecule has 1 rings (SSSR count). The van der Waals surface area contributed by atoms with Gasteiger partial charge in [0.25, 0.3) is 5.69 Å². The van der Waals surface area contributed by atoms with Crippen molar-refractivity contribution < 1.29 is 14.4 Å². The topological polar surface area (TPSA) is 98.0 Å². The fraction of sp³-hybridized carbons (Fsp3) is 0.650. The van der Waals surface area contributed by atoms with E-state index in [9.17, 15) is 10.1 Å². The Balaban J connectivity index is 2.01. The maximum absolute atomic E-state index is 10.6. The molecule has 0 bridgehead atoms. The Morgan fingerprint density at radius 2 is 1.68 bits per heavy atom. The van der Waals surface area contributed by atoms with E-state index in [0.717, 1.165) is 56.8 Å². The van der Waals surface area contributed by atoms with E-state index in [2.05, 4.69) is 22.5 Å². The Kier molecular flexibility index (Phi) is 13.5. The minimum Gasteiger partial charge on any atom is -0.379 e. The van der Waals surface area contributed by atoms with E-state index >= 15 is 0 Å². The predicted octanol–water partition coefficient (Wildman–Crippen LogP) is 2.92. The number of hydrogen-bond acceptors (Lipinski definition) is 5. The molecular formula is C20H34N4O4. The maximum Gasteiger partial charge on any atom is 0.269 e. The van der Waals surface area contributed by atoms with Gasteiger partial charge in [0.15, 0.2) is 5.96 Å². The molecule has 8 heteroatoms.